The van der Waals surface area contributed by atoms with Crippen molar-refractivity contribution in [3.63, 3.8) is 0 Å². The molecule has 1 N–H and O–H groups in total. The van der Waals surface area contributed by atoms with E-state index in [1.54, 1.807) is 30.4 Å². The molecule has 4 aliphatic carbocycles. The van der Waals surface area contributed by atoms with Gasteiger partial charge in [-0.1, -0.05) is 126 Å². The van der Waals surface area contributed by atoms with E-state index in [9.17, 15) is 5.11 Å². The van der Waals surface area contributed by atoms with E-state index in [0.29, 0.717) is 5.75 Å². The number of benzene rings is 4. The molecule has 63 heavy (non-hydrogen) atoms. The highest BCUT2D eigenvalue weighted by Gasteiger charge is 2.33. The third-order valence-electron chi connectivity index (χ3n) is 16.1. The van der Waals surface area contributed by atoms with Crippen molar-refractivity contribution in [1.82, 2.24) is 0 Å². The molecule has 342 valence electrons. The van der Waals surface area contributed by atoms with Crippen LogP contribution in [0.25, 0.3) is 22.3 Å². The average molecular weight is 1050 g/mol. The largest absolute Gasteiger partial charge is 0.508 e. The van der Waals surface area contributed by atoms with Crippen LogP contribution >= 0.6 is 47.3 Å². The molecule has 0 unspecified atom stereocenters. The molecule has 4 aliphatic rings. The number of phenolic OH excluding ortho intramolecular Hbond substituents is 1. The van der Waals surface area contributed by atoms with Gasteiger partial charge in [0.25, 0.3) is 0 Å². The topological polar surface area (TPSA) is 29.5 Å². The Kier molecular flexibility index (Phi) is 20.6. The van der Waals surface area contributed by atoms with Crippen molar-refractivity contribution >= 4 is 50.5 Å². The maximum absolute atomic E-state index is 9.52. The minimum atomic E-state index is 0.271. The van der Waals surface area contributed by atoms with E-state index in [1.807, 2.05) is 12.1 Å². The summed E-state index contributed by atoms with van der Waals surface area (Å²) in [6.07, 6.45) is 29.0. The lowest BCUT2D eigenvalue weighted by Crippen LogP contribution is -2.25. The van der Waals surface area contributed by atoms with Gasteiger partial charge < -0.3 is 9.84 Å². The highest BCUT2D eigenvalue weighted by molar-refractivity contribution is 9.69. The van der Waals surface area contributed by atoms with Crippen molar-refractivity contribution < 1.29 is 9.84 Å². The maximum atomic E-state index is 9.52. The highest BCUT2D eigenvalue weighted by Crippen LogP contribution is 2.47. The number of ether oxygens (including phenoxy) is 1. The van der Waals surface area contributed by atoms with Crippen molar-refractivity contribution in [2.45, 2.75) is 168 Å². The fraction of sp³-hybridized carbons (Fsp3) is 0.579. The van der Waals surface area contributed by atoms with Gasteiger partial charge in [0.2, 0.25) is 0 Å². The first-order valence-corrected chi connectivity index (χ1v) is 27.9. The fourth-order valence-corrected chi connectivity index (χ4v) is 12.6. The summed E-state index contributed by atoms with van der Waals surface area (Å²) in [6.45, 7) is 9.27. The average Bonchev–Trinajstić information content (AvgIpc) is 3.30. The van der Waals surface area contributed by atoms with Crippen molar-refractivity contribution in [3.05, 3.63) is 107 Å². The van der Waals surface area contributed by atoms with Gasteiger partial charge in [0.15, 0.2) is 0 Å². The van der Waals surface area contributed by atoms with Crippen molar-refractivity contribution in [2.75, 3.05) is 7.11 Å². The molecule has 0 atom stereocenters. The lowest BCUT2D eigenvalue weighted by Gasteiger charge is -2.38. The lowest BCUT2D eigenvalue weighted by atomic mass is 9.67. The van der Waals surface area contributed by atoms with Crippen molar-refractivity contribution in [2.24, 2.45) is 35.5 Å². The second-order valence-corrected chi connectivity index (χ2v) is 26.5. The zero-order valence-corrected chi connectivity index (χ0v) is 44.2. The van der Waals surface area contributed by atoms with Crippen LogP contribution in [0.2, 0.25) is 0 Å². The van der Waals surface area contributed by atoms with Gasteiger partial charge in [-0.2, -0.15) is 0 Å². The molecule has 2 nitrogen and oxygen atoms in total. The second kappa shape index (κ2) is 25.8. The van der Waals surface area contributed by atoms with Crippen LogP contribution in [-0.4, -0.2) is 15.4 Å². The van der Waals surface area contributed by atoms with Crippen molar-refractivity contribution in [1.29, 1.82) is 0 Å². The van der Waals surface area contributed by atoms with Gasteiger partial charge in [0.1, 0.15) is 11.5 Å². The Balaban J connectivity index is 0.000000194. The van der Waals surface area contributed by atoms with E-state index in [-0.39, 0.29) is 3.18 Å². The quantitative estimate of drug-likeness (QED) is 0.152. The van der Waals surface area contributed by atoms with Crippen molar-refractivity contribution in [3.8, 4) is 33.8 Å². The van der Waals surface area contributed by atoms with E-state index in [1.165, 1.54) is 162 Å². The van der Waals surface area contributed by atoms with E-state index in [0.717, 1.165) is 53.1 Å². The lowest BCUT2D eigenvalue weighted by molar-refractivity contribution is 0.156. The van der Waals surface area contributed by atoms with Crippen LogP contribution < -0.4 is 4.74 Å². The Hall–Kier alpha value is -2.02. The maximum Gasteiger partial charge on any atom is 0.369 e. The second-order valence-electron chi connectivity index (χ2n) is 20.0. The van der Waals surface area contributed by atoms with E-state index < -0.39 is 0 Å². The Labute approximate surface area is 408 Å². The van der Waals surface area contributed by atoms with Crippen LogP contribution in [-0.2, 0) is 0 Å². The van der Waals surface area contributed by atoms with Gasteiger partial charge in [-0.3, -0.25) is 0 Å². The Morgan fingerprint density at radius 3 is 1.11 bits per heavy atom. The molecule has 6 heteroatoms. The molecule has 4 saturated carbocycles. The normalized spacial score (nSPS) is 26.0. The summed E-state index contributed by atoms with van der Waals surface area (Å²) in [4.78, 5) is 0. The van der Waals surface area contributed by atoms with Crippen LogP contribution in [0.15, 0.2) is 84.9 Å². The molecule has 0 spiro atoms. The number of hydrogen-bond donors (Lipinski definition) is 1. The van der Waals surface area contributed by atoms with Gasteiger partial charge in [-0.05, 0) is 207 Å². The number of aromatic hydroxyl groups is 1. The predicted molar refractivity (Wildman–Crippen MR) is 284 cm³/mol. The van der Waals surface area contributed by atoms with Gasteiger partial charge in [0, 0.05) is 0 Å². The molecule has 0 bridgehead atoms. The number of aryl methyl sites for hydroxylation is 2. The number of phenols is 1. The molecule has 0 saturated heterocycles. The van der Waals surface area contributed by atoms with Gasteiger partial charge in [-0.15, -0.1) is 47.3 Å². The molecule has 0 aliphatic heterocycles. The molecule has 0 heterocycles. The molecule has 0 radical (unpaired) electrons. The molecular formula is C57H78BBr3O2. The van der Waals surface area contributed by atoms with E-state index in [4.69, 9.17) is 4.74 Å². The Morgan fingerprint density at radius 1 is 0.476 bits per heavy atom. The monoisotopic (exact) mass is 1040 g/mol. The minimum absolute atomic E-state index is 0.271. The number of halogens is 3. The summed E-state index contributed by atoms with van der Waals surface area (Å²) in [5.74, 6) is 8.86. The molecule has 4 fully saturated rings. The van der Waals surface area contributed by atoms with Crippen LogP contribution in [0.4, 0.5) is 0 Å². The summed E-state index contributed by atoms with van der Waals surface area (Å²) in [6, 6.07) is 30.1. The smallest absolute Gasteiger partial charge is 0.369 e. The third-order valence-corrected chi connectivity index (χ3v) is 16.1. The van der Waals surface area contributed by atoms with Gasteiger partial charge in [-0.25, -0.2) is 0 Å². The molecule has 8 rings (SSSR count). The van der Waals surface area contributed by atoms with Crippen LogP contribution in [0.5, 0.6) is 11.5 Å². The number of rotatable bonds is 11. The molecule has 0 aromatic heterocycles. The first-order valence-electron chi connectivity index (χ1n) is 25.1. The van der Waals surface area contributed by atoms with Gasteiger partial charge >= 0.3 is 3.18 Å². The van der Waals surface area contributed by atoms with Crippen LogP contribution in [0.3, 0.4) is 0 Å². The Bertz CT molecular complexity index is 1910. The number of hydrogen-bond acceptors (Lipinski definition) is 2. The standard InChI is InChI=1S/C29H40O.C28H38O.BBr3/c1-4-5-22-6-8-23(9-7-22)24-10-12-26(13-11-24)29-19-16-27(20-21(29)2)25-14-17-28(30-3)18-15-25;1-3-4-21-5-7-22(8-6-21)23-9-11-25(12-10-23)28-18-15-26(19-20(28)2)24-13-16-27(29)17-14-24;2-1(3)4/h14-20,22-24,26H,4-13H2,1-3H3;13-19,21-23,25,29H,3-12H2,1-2H3;. The first kappa shape index (κ1) is 50.4. The van der Waals surface area contributed by atoms with E-state index >= 15 is 0 Å². The Morgan fingerprint density at radius 2 is 0.794 bits per heavy atom. The first-order chi connectivity index (χ1) is 30.5. The van der Waals surface area contributed by atoms with Crippen LogP contribution in [0, 0.1) is 49.4 Å². The molecule has 0 amide bonds. The molecular weight excluding hydrogens is 967 g/mol. The third kappa shape index (κ3) is 15.0. The molecule has 4 aromatic carbocycles. The summed E-state index contributed by atoms with van der Waals surface area (Å²) >= 11 is 9.31. The zero-order chi connectivity index (χ0) is 44.7. The van der Waals surface area contributed by atoms with Crippen LogP contribution in [0.1, 0.15) is 176 Å². The summed E-state index contributed by atoms with van der Waals surface area (Å²) in [5.41, 5.74) is 11.1. The van der Waals surface area contributed by atoms with E-state index in [2.05, 4.69) is 136 Å². The number of methoxy groups -OCH3 is 1. The minimum Gasteiger partial charge on any atom is -0.508 e. The SMILES string of the molecule is BrB(Br)Br.CCCC1CCC(C2CCC(c3ccc(-c4ccc(O)cc4)cc3C)CC2)CC1.CCCC1CCC(C2CCC(c3ccc(-c4ccc(OC)cc4)cc3C)CC2)CC1. The summed E-state index contributed by atoms with van der Waals surface area (Å²) in [5, 5.41) is 9.52. The summed E-state index contributed by atoms with van der Waals surface area (Å²) < 4.78 is 5.57. The predicted octanol–water partition coefficient (Wildman–Crippen LogP) is 19.0. The fourth-order valence-electron chi connectivity index (χ4n) is 12.6. The van der Waals surface area contributed by atoms with Gasteiger partial charge in [0.05, 0.1) is 7.11 Å². The zero-order valence-electron chi connectivity index (χ0n) is 39.4. The highest BCUT2D eigenvalue weighted by atomic mass is 79.9. The summed E-state index contributed by atoms with van der Waals surface area (Å²) in [7, 11) is 1.72. The molecule has 4 aromatic rings.